The van der Waals surface area contributed by atoms with Crippen molar-refractivity contribution in [2.24, 2.45) is 0 Å². The Kier molecular flexibility index (Phi) is 3.56. The summed E-state index contributed by atoms with van der Waals surface area (Å²) in [4.78, 5) is 41.7. The van der Waals surface area contributed by atoms with Gasteiger partial charge in [-0.2, -0.15) is 0 Å². The number of nitrogens with one attached hydrogen (secondary N) is 3. The average molecular weight is 339 g/mol. The molecular weight excluding hydrogens is 322 g/mol. The minimum Gasteiger partial charge on any atom is -0.497 e. The minimum absolute atomic E-state index is 0.0332. The zero-order valence-electron chi connectivity index (χ0n) is 13.6. The molecule has 0 spiro atoms. The van der Waals surface area contributed by atoms with E-state index in [1.54, 1.807) is 19.2 Å². The molecule has 1 atom stereocenters. The van der Waals surface area contributed by atoms with Crippen LogP contribution in [-0.2, 0) is 4.79 Å². The highest BCUT2D eigenvalue weighted by Gasteiger charge is 2.37. The SMILES string of the molecule is COc1ccc(C2C3=C(CCCC3=O)Nc3[nH]c(=O)[nH]c(=O)c32)cc1. The number of benzene rings is 1. The highest BCUT2D eigenvalue weighted by molar-refractivity contribution is 6.00. The van der Waals surface area contributed by atoms with Crippen molar-refractivity contribution in [3.63, 3.8) is 0 Å². The standard InChI is InChI=1S/C18H17N3O4/c1-25-10-7-5-9(6-8-10)13-14-11(3-2-4-12(14)22)19-16-15(13)17(23)21-18(24)20-16/h5-8,13H,2-4H2,1H3,(H3,19,20,21,23,24). The summed E-state index contributed by atoms with van der Waals surface area (Å²) >= 11 is 0. The van der Waals surface area contributed by atoms with E-state index in [9.17, 15) is 14.4 Å². The summed E-state index contributed by atoms with van der Waals surface area (Å²) in [7, 11) is 1.58. The quantitative estimate of drug-likeness (QED) is 0.771. The van der Waals surface area contributed by atoms with Crippen LogP contribution in [0.3, 0.4) is 0 Å². The molecule has 4 rings (SSSR count). The van der Waals surface area contributed by atoms with Crippen LogP contribution in [0.4, 0.5) is 5.82 Å². The maximum absolute atomic E-state index is 12.6. The van der Waals surface area contributed by atoms with Gasteiger partial charge in [-0.3, -0.25) is 19.6 Å². The van der Waals surface area contributed by atoms with Gasteiger partial charge in [0.2, 0.25) is 0 Å². The second-order valence-electron chi connectivity index (χ2n) is 6.20. The lowest BCUT2D eigenvalue weighted by molar-refractivity contribution is -0.116. The number of ketones is 1. The van der Waals surface area contributed by atoms with Crippen molar-refractivity contribution in [1.29, 1.82) is 0 Å². The average Bonchev–Trinajstić information content (AvgIpc) is 2.60. The van der Waals surface area contributed by atoms with E-state index in [1.807, 2.05) is 12.1 Å². The normalized spacial score (nSPS) is 19.1. The second-order valence-corrected chi connectivity index (χ2v) is 6.20. The van der Waals surface area contributed by atoms with Gasteiger partial charge in [-0.1, -0.05) is 12.1 Å². The Balaban J connectivity index is 1.97. The Morgan fingerprint density at radius 1 is 1.04 bits per heavy atom. The van der Waals surface area contributed by atoms with E-state index in [-0.39, 0.29) is 5.78 Å². The van der Waals surface area contributed by atoms with Crippen LogP contribution in [0.5, 0.6) is 5.75 Å². The molecule has 2 heterocycles. The van der Waals surface area contributed by atoms with Crippen LogP contribution < -0.4 is 21.3 Å². The van der Waals surface area contributed by atoms with Crippen LogP contribution in [0.15, 0.2) is 45.1 Å². The third kappa shape index (κ3) is 2.48. The van der Waals surface area contributed by atoms with Gasteiger partial charge in [0.05, 0.1) is 12.7 Å². The number of methoxy groups -OCH3 is 1. The summed E-state index contributed by atoms with van der Waals surface area (Å²) in [5, 5.41) is 3.09. The number of allylic oxidation sites excluding steroid dienone is 2. The van der Waals surface area contributed by atoms with E-state index in [2.05, 4.69) is 15.3 Å². The van der Waals surface area contributed by atoms with Crippen LogP contribution in [0.1, 0.15) is 36.3 Å². The molecule has 2 aromatic rings. The molecule has 2 aliphatic rings. The van der Waals surface area contributed by atoms with E-state index in [1.165, 1.54) is 0 Å². The van der Waals surface area contributed by atoms with E-state index in [4.69, 9.17) is 4.74 Å². The number of H-pyrrole nitrogens is 2. The molecule has 1 aliphatic carbocycles. The second kappa shape index (κ2) is 5.77. The summed E-state index contributed by atoms with van der Waals surface area (Å²) in [6.07, 6.45) is 1.93. The molecule has 0 saturated carbocycles. The van der Waals surface area contributed by atoms with Gasteiger partial charge in [0, 0.05) is 23.6 Å². The fourth-order valence-corrected chi connectivity index (χ4v) is 3.62. The fourth-order valence-electron chi connectivity index (χ4n) is 3.62. The Morgan fingerprint density at radius 2 is 1.80 bits per heavy atom. The number of ether oxygens (including phenoxy) is 1. The molecule has 0 saturated heterocycles. The number of aromatic nitrogens is 2. The molecule has 3 N–H and O–H groups in total. The summed E-state index contributed by atoms with van der Waals surface area (Å²) < 4.78 is 5.19. The molecule has 0 radical (unpaired) electrons. The number of carbonyl (C=O) groups excluding carboxylic acids is 1. The first-order valence-electron chi connectivity index (χ1n) is 8.12. The van der Waals surface area contributed by atoms with Crippen LogP contribution >= 0.6 is 0 Å². The zero-order chi connectivity index (χ0) is 17.6. The first-order chi connectivity index (χ1) is 12.1. The number of anilines is 1. The van der Waals surface area contributed by atoms with Crippen LogP contribution in [0.2, 0.25) is 0 Å². The van der Waals surface area contributed by atoms with Crippen molar-refractivity contribution < 1.29 is 9.53 Å². The van der Waals surface area contributed by atoms with Gasteiger partial charge in [0.1, 0.15) is 11.6 Å². The molecule has 1 aromatic carbocycles. The Labute approximate surface area is 142 Å². The van der Waals surface area contributed by atoms with E-state index in [0.717, 1.165) is 17.7 Å². The highest BCUT2D eigenvalue weighted by atomic mass is 16.5. The molecule has 7 nitrogen and oxygen atoms in total. The highest BCUT2D eigenvalue weighted by Crippen LogP contribution is 2.42. The number of aromatic amines is 2. The Hall–Kier alpha value is -3.09. The van der Waals surface area contributed by atoms with Gasteiger partial charge in [0.15, 0.2) is 5.78 Å². The minimum atomic E-state index is -0.573. The number of fused-ring (bicyclic) bond motifs is 1. The maximum Gasteiger partial charge on any atom is 0.327 e. The van der Waals surface area contributed by atoms with Crippen molar-refractivity contribution >= 4 is 11.6 Å². The summed E-state index contributed by atoms with van der Waals surface area (Å²) in [5.41, 5.74) is 1.50. The van der Waals surface area contributed by atoms with Gasteiger partial charge in [-0.05, 0) is 30.5 Å². The van der Waals surface area contributed by atoms with Gasteiger partial charge in [-0.15, -0.1) is 0 Å². The van der Waals surface area contributed by atoms with Crippen LogP contribution in [-0.4, -0.2) is 22.9 Å². The lowest BCUT2D eigenvalue weighted by Gasteiger charge is -2.32. The van der Waals surface area contributed by atoms with Crippen LogP contribution in [0, 0.1) is 0 Å². The van der Waals surface area contributed by atoms with Crippen molar-refractivity contribution in [3.8, 4) is 5.75 Å². The number of hydrogen-bond acceptors (Lipinski definition) is 5. The molecule has 128 valence electrons. The number of Topliss-reactive ketones (excluding diaryl/α,β-unsaturated/α-hetero) is 1. The van der Waals surface area contributed by atoms with Gasteiger partial charge < -0.3 is 10.1 Å². The van der Waals surface area contributed by atoms with E-state index >= 15 is 0 Å². The monoisotopic (exact) mass is 339 g/mol. The maximum atomic E-state index is 12.6. The third-order valence-corrected chi connectivity index (χ3v) is 4.74. The van der Waals surface area contributed by atoms with Gasteiger partial charge >= 0.3 is 5.69 Å². The first-order valence-corrected chi connectivity index (χ1v) is 8.12. The Bertz CT molecular complexity index is 998. The first kappa shape index (κ1) is 15.4. The lowest BCUT2D eigenvalue weighted by Crippen LogP contribution is -2.36. The zero-order valence-corrected chi connectivity index (χ0v) is 13.6. The number of rotatable bonds is 2. The van der Waals surface area contributed by atoms with Gasteiger partial charge in [-0.25, -0.2) is 4.79 Å². The molecule has 0 fully saturated rings. The topological polar surface area (TPSA) is 104 Å². The molecule has 25 heavy (non-hydrogen) atoms. The molecule has 0 bridgehead atoms. The van der Waals surface area contributed by atoms with Crippen LogP contribution in [0.25, 0.3) is 0 Å². The number of carbonyl (C=O) groups is 1. The predicted molar refractivity (Wildman–Crippen MR) is 92.0 cm³/mol. The van der Waals surface area contributed by atoms with Crippen molar-refractivity contribution in [2.45, 2.75) is 25.2 Å². The van der Waals surface area contributed by atoms with E-state index in [0.29, 0.717) is 35.5 Å². The fraction of sp³-hybridized carbons (Fsp3) is 0.278. The molecule has 7 heteroatoms. The van der Waals surface area contributed by atoms with Crippen molar-refractivity contribution in [3.05, 3.63) is 67.5 Å². The van der Waals surface area contributed by atoms with Crippen molar-refractivity contribution in [2.75, 3.05) is 12.4 Å². The molecule has 1 unspecified atom stereocenters. The molecule has 0 amide bonds. The Morgan fingerprint density at radius 3 is 2.52 bits per heavy atom. The van der Waals surface area contributed by atoms with Gasteiger partial charge in [0.25, 0.3) is 5.56 Å². The molecule has 1 aromatic heterocycles. The predicted octanol–water partition coefficient (Wildman–Crippen LogP) is 1.64. The summed E-state index contributed by atoms with van der Waals surface area (Å²) in [6, 6.07) is 7.28. The van der Waals surface area contributed by atoms with E-state index < -0.39 is 17.2 Å². The molecule has 1 aliphatic heterocycles. The largest absolute Gasteiger partial charge is 0.497 e. The number of hydrogen-bond donors (Lipinski definition) is 3. The van der Waals surface area contributed by atoms with Crippen molar-refractivity contribution in [1.82, 2.24) is 9.97 Å². The lowest BCUT2D eigenvalue weighted by atomic mass is 9.76. The third-order valence-electron chi connectivity index (χ3n) is 4.74. The summed E-state index contributed by atoms with van der Waals surface area (Å²) in [6.45, 7) is 0. The smallest absolute Gasteiger partial charge is 0.327 e. The summed E-state index contributed by atoms with van der Waals surface area (Å²) in [5.74, 6) is 0.580. The molecular formula is C18H17N3O4.